The maximum absolute atomic E-state index is 12.8. The average molecular weight is 438 g/mol. The van der Waals surface area contributed by atoms with Crippen LogP contribution in [0.5, 0.6) is 23.2 Å². The van der Waals surface area contributed by atoms with E-state index in [0.29, 0.717) is 36.3 Å². The van der Waals surface area contributed by atoms with Gasteiger partial charge in [0.05, 0.1) is 14.2 Å². The van der Waals surface area contributed by atoms with Gasteiger partial charge in [0.25, 0.3) is 11.9 Å². The molecule has 0 spiro atoms. The van der Waals surface area contributed by atoms with Gasteiger partial charge < -0.3 is 23.5 Å². The Morgan fingerprint density at radius 2 is 1.72 bits per heavy atom. The fraction of sp³-hybridized carbons (Fsp3) is 0.346. The first-order chi connectivity index (χ1) is 15.3. The van der Waals surface area contributed by atoms with E-state index in [-0.39, 0.29) is 11.7 Å². The van der Waals surface area contributed by atoms with E-state index in [1.807, 2.05) is 37.3 Å². The van der Waals surface area contributed by atoms with Crippen LogP contribution in [-0.2, 0) is 6.42 Å². The molecule has 0 aliphatic carbocycles. The lowest BCUT2D eigenvalue weighted by Crippen LogP contribution is -2.28. The number of ether oxygens (including phenoxy) is 3. The lowest BCUT2D eigenvalue weighted by atomic mass is 10.0. The molecule has 0 saturated carbocycles. The minimum Gasteiger partial charge on any atom is -0.493 e. The number of methoxy groups -OCH3 is 2. The molecule has 3 rings (SSSR count). The summed E-state index contributed by atoms with van der Waals surface area (Å²) in [5.74, 6) is 2.81. The summed E-state index contributed by atoms with van der Waals surface area (Å²) in [4.78, 5) is 14.4. The molecule has 6 nitrogen and oxygen atoms in total. The summed E-state index contributed by atoms with van der Waals surface area (Å²) >= 11 is 0. The summed E-state index contributed by atoms with van der Waals surface area (Å²) in [6.45, 7) is 6.78. The summed E-state index contributed by atoms with van der Waals surface area (Å²) < 4.78 is 22.2. The quantitative estimate of drug-likeness (QED) is 0.421. The third-order valence-corrected chi connectivity index (χ3v) is 5.41. The first kappa shape index (κ1) is 23.3. The molecule has 0 saturated heterocycles. The first-order valence-corrected chi connectivity index (χ1v) is 10.7. The van der Waals surface area contributed by atoms with Gasteiger partial charge >= 0.3 is 0 Å². The van der Waals surface area contributed by atoms with Gasteiger partial charge in [0.2, 0.25) is 0 Å². The third-order valence-electron chi connectivity index (χ3n) is 5.41. The monoisotopic (exact) mass is 437 g/mol. The molecule has 0 aliphatic heterocycles. The second-order valence-corrected chi connectivity index (χ2v) is 8.07. The number of hydrogen-bond acceptors (Lipinski definition) is 5. The summed E-state index contributed by atoms with van der Waals surface area (Å²) in [6, 6.07) is 15.2. The third kappa shape index (κ3) is 5.44. The first-order valence-electron chi connectivity index (χ1n) is 10.7. The smallest absolute Gasteiger partial charge is 0.290 e. The van der Waals surface area contributed by atoms with Crippen molar-refractivity contribution < 1.29 is 23.4 Å². The van der Waals surface area contributed by atoms with Gasteiger partial charge in [0, 0.05) is 19.7 Å². The number of hydrogen-bond donors (Lipinski definition) is 0. The van der Waals surface area contributed by atoms with Gasteiger partial charge in [-0.2, -0.15) is 0 Å². The zero-order chi connectivity index (χ0) is 23.3. The number of aryl methyl sites for hydroxylation is 1. The van der Waals surface area contributed by atoms with Crippen LogP contribution in [0.25, 0.3) is 0 Å². The van der Waals surface area contributed by atoms with Crippen LogP contribution in [0.2, 0.25) is 0 Å². The topological polar surface area (TPSA) is 61.1 Å². The second-order valence-electron chi connectivity index (χ2n) is 8.07. The molecule has 170 valence electrons. The molecule has 1 aromatic heterocycles. The average Bonchev–Trinajstić information content (AvgIpc) is 3.26. The molecule has 6 heteroatoms. The van der Waals surface area contributed by atoms with Crippen LogP contribution in [0.1, 0.15) is 47.0 Å². The summed E-state index contributed by atoms with van der Waals surface area (Å²) in [5.41, 5.74) is 3.24. The van der Waals surface area contributed by atoms with Gasteiger partial charge in [-0.3, -0.25) is 4.79 Å². The van der Waals surface area contributed by atoms with E-state index < -0.39 is 0 Å². The fourth-order valence-electron chi connectivity index (χ4n) is 3.31. The number of amides is 1. The predicted octanol–water partition coefficient (Wildman–Crippen LogP) is 5.84. The molecule has 0 bridgehead atoms. The van der Waals surface area contributed by atoms with Crippen molar-refractivity contribution in [1.29, 1.82) is 0 Å². The summed E-state index contributed by atoms with van der Waals surface area (Å²) in [6.07, 6.45) is 0.674. The zero-order valence-corrected chi connectivity index (χ0v) is 19.6. The maximum Gasteiger partial charge on any atom is 0.290 e. The number of nitrogens with zero attached hydrogens (tertiary/aromatic N) is 1. The minimum atomic E-state index is -0.201. The van der Waals surface area contributed by atoms with Crippen molar-refractivity contribution in [1.82, 2.24) is 4.90 Å². The van der Waals surface area contributed by atoms with Gasteiger partial charge in [-0.1, -0.05) is 32.0 Å². The van der Waals surface area contributed by atoms with Crippen LogP contribution >= 0.6 is 0 Å². The van der Waals surface area contributed by atoms with E-state index in [4.69, 9.17) is 18.6 Å². The highest BCUT2D eigenvalue weighted by Crippen LogP contribution is 2.30. The SMILES string of the molecule is COc1ccc(CCN(C)C(=O)c2ccc(Oc3cc(C(C)C)ccc3C)o2)cc1OC. The van der Waals surface area contributed by atoms with E-state index in [9.17, 15) is 4.79 Å². The van der Waals surface area contributed by atoms with Crippen LogP contribution in [0.4, 0.5) is 0 Å². The molecule has 0 fully saturated rings. The lowest BCUT2D eigenvalue weighted by molar-refractivity contribution is 0.0760. The van der Waals surface area contributed by atoms with Crippen molar-refractivity contribution in [3.63, 3.8) is 0 Å². The molecule has 0 N–H and O–H groups in total. The molecule has 1 amide bonds. The van der Waals surface area contributed by atoms with Gasteiger partial charge in [0.15, 0.2) is 17.3 Å². The van der Waals surface area contributed by atoms with Crippen LogP contribution in [0, 0.1) is 6.92 Å². The number of likely N-dealkylation sites (N-methyl/N-ethyl adjacent to an activating group) is 1. The van der Waals surface area contributed by atoms with Crippen molar-refractivity contribution in [2.45, 2.75) is 33.1 Å². The van der Waals surface area contributed by atoms with E-state index in [0.717, 1.165) is 16.9 Å². The van der Waals surface area contributed by atoms with E-state index >= 15 is 0 Å². The highest BCUT2D eigenvalue weighted by atomic mass is 16.6. The van der Waals surface area contributed by atoms with Crippen LogP contribution in [0.3, 0.4) is 0 Å². The lowest BCUT2D eigenvalue weighted by Gasteiger charge is -2.16. The van der Waals surface area contributed by atoms with Crippen LogP contribution in [0.15, 0.2) is 52.9 Å². The fourth-order valence-corrected chi connectivity index (χ4v) is 3.31. The Bertz CT molecular complexity index is 1070. The minimum absolute atomic E-state index is 0.201. The van der Waals surface area contributed by atoms with Crippen molar-refractivity contribution in [2.75, 3.05) is 27.8 Å². The Morgan fingerprint density at radius 3 is 2.41 bits per heavy atom. The molecular formula is C26H31NO5. The van der Waals surface area contributed by atoms with Gasteiger partial charge in [-0.25, -0.2) is 0 Å². The predicted molar refractivity (Wildman–Crippen MR) is 124 cm³/mol. The largest absolute Gasteiger partial charge is 0.493 e. The van der Waals surface area contributed by atoms with Gasteiger partial charge in [0.1, 0.15) is 5.75 Å². The molecule has 0 radical (unpaired) electrons. The Kier molecular flexibility index (Phi) is 7.46. The standard InChI is InChI=1S/C26H31NO5/c1-17(2)20-9-7-18(3)23(16-20)32-25-12-11-22(31-25)26(28)27(4)14-13-19-8-10-21(29-5)24(15-19)30-6/h7-12,15-17H,13-14H2,1-6H3. The Labute approximate surface area is 189 Å². The van der Waals surface area contributed by atoms with E-state index in [2.05, 4.69) is 19.9 Å². The highest BCUT2D eigenvalue weighted by Gasteiger charge is 2.18. The summed E-state index contributed by atoms with van der Waals surface area (Å²) in [7, 11) is 4.96. The molecular weight excluding hydrogens is 406 g/mol. The van der Waals surface area contributed by atoms with Gasteiger partial charge in [-0.15, -0.1) is 0 Å². The molecule has 0 unspecified atom stereocenters. The molecule has 32 heavy (non-hydrogen) atoms. The number of rotatable bonds is 9. The highest BCUT2D eigenvalue weighted by molar-refractivity contribution is 5.91. The zero-order valence-electron chi connectivity index (χ0n) is 19.6. The van der Waals surface area contributed by atoms with Crippen molar-refractivity contribution >= 4 is 5.91 Å². The molecule has 0 atom stereocenters. The number of benzene rings is 2. The van der Waals surface area contributed by atoms with Crippen molar-refractivity contribution in [3.8, 4) is 23.2 Å². The Balaban J connectivity index is 1.63. The van der Waals surface area contributed by atoms with Crippen LogP contribution in [-0.4, -0.2) is 38.6 Å². The number of carbonyl (C=O) groups excluding carboxylic acids is 1. The summed E-state index contributed by atoms with van der Waals surface area (Å²) in [5, 5.41) is 0. The van der Waals surface area contributed by atoms with Crippen LogP contribution < -0.4 is 14.2 Å². The number of furan rings is 1. The Morgan fingerprint density at radius 1 is 0.969 bits per heavy atom. The van der Waals surface area contributed by atoms with Crippen molar-refractivity contribution in [2.24, 2.45) is 0 Å². The second kappa shape index (κ2) is 10.3. The normalized spacial score (nSPS) is 10.8. The van der Waals surface area contributed by atoms with Gasteiger partial charge in [-0.05, 0) is 60.2 Å². The molecule has 0 aliphatic rings. The van der Waals surface area contributed by atoms with Crippen molar-refractivity contribution in [3.05, 3.63) is 71.0 Å². The maximum atomic E-state index is 12.8. The molecule has 1 heterocycles. The Hall–Kier alpha value is -3.41. The van der Waals surface area contributed by atoms with E-state index in [1.54, 1.807) is 38.3 Å². The van der Waals surface area contributed by atoms with E-state index in [1.165, 1.54) is 5.56 Å². The molecule has 3 aromatic rings. The number of carbonyl (C=O) groups is 1. The molecule has 2 aromatic carbocycles.